The predicted molar refractivity (Wildman–Crippen MR) is 33.0 cm³/mol. The average Bonchev–Trinajstić information content (AvgIpc) is 1.77. The lowest BCUT2D eigenvalue weighted by Gasteiger charge is -2.19. The van der Waals surface area contributed by atoms with Crippen LogP contribution in [0.2, 0.25) is 0 Å². The Morgan fingerprint density at radius 1 is 1.25 bits per heavy atom. The van der Waals surface area contributed by atoms with Gasteiger partial charge in [0.05, 0.1) is 5.38 Å². The van der Waals surface area contributed by atoms with Crippen molar-refractivity contribution in [1.29, 1.82) is 0 Å². The molecular formula is C6H10ClF. The zero-order valence-electron chi connectivity index (χ0n) is 4.74. The molecule has 0 aliphatic heterocycles. The molecule has 2 heteroatoms. The van der Waals surface area contributed by atoms with Gasteiger partial charge >= 0.3 is 0 Å². The van der Waals surface area contributed by atoms with Gasteiger partial charge in [0, 0.05) is 0 Å². The van der Waals surface area contributed by atoms with Gasteiger partial charge in [-0.05, 0) is 12.8 Å². The second-order valence-corrected chi connectivity index (χ2v) is 2.88. The molecular weight excluding hydrogens is 127 g/mol. The Balaban J connectivity index is 2.28. The van der Waals surface area contributed by atoms with Gasteiger partial charge in [0.15, 0.2) is 0 Å². The second kappa shape index (κ2) is 2.67. The Hall–Kier alpha value is 0.220. The molecule has 1 saturated carbocycles. The van der Waals surface area contributed by atoms with Gasteiger partial charge < -0.3 is 0 Å². The molecule has 8 heavy (non-hydrogen) atoms. The van der Waals surface area contributed by atoms with E-state index in [4.69, 9.17) is 11.6 Å². The molecule has 0 aromatic rings. The first kappa shape index (κ1) is 6.34. The number of rotatable bonds is 0. The van der Waals surface area contributed by atoms with Crippen molar-refractivity contribution in [3.8, 4) is 0 Å². The summed E-state index contributed by atoms with van der Waals surface area (Å²) in [5.41, 5.74) is 0. The maximum Gasteiger partial charge on any atom is 0.116 e. The molecule has 0 radical (unpaired) electrons. The van der Waals surface area contributed by atoms with Gasteiger partial charge in [-0.15, -0.1) is 11.6 Å². The topological polar surface area (TPSA) is 0 Å². The van der Waals surface area contributed by atoms with Crippen molar-refractivity contribution < 1.29 is 4.39 Å². The molecule has 1 aliphatic rings. The molecule has 1 fully saturated rings. The third-order valence-corrected chi connectivity index (χ3v) is 2.09. The first-order valence-corrected chi connectivity index (χ1v) is 3.52. The van der Waals surface area contributed by atoms with Crippen molar-refractivity contribution in [1.82, 2.24) is 0 Å². The Morgan fingerprint density at radius 3 is 2.25 bits per heavy atom. The van der Waals surface area contributed by atoms with E-state index in [9.17, 15) is 4.39 Å². The van der Waals surface area contributed by atoms with E-state index in [-0.39, 0.29) is 5.38 Å². The van der Waals surface area contributed by atoms with Crippen molar-refractivity contribution in [3.63, 3.8) is 0 Å². The van der Waals surface area contributed by atoms with E-state index in [1.54, 1.807) is 0 Å². The molecule has 48 valence electrons. The van der Waals surface area contributed by atoms with E-state index < -0.39 is 6.17 Å². The minimum Gasteiger partial charge on any atom is -0.246 e. The van der Waals surface area contributed by atoms with E-state index in [1.807, 2.05) is 0 Å². The van der Waals surface area contributed by atoms with E-state index >= 15 is 0 Å². The monoisotopic (exact) mass is 136 g/mol. The number of hydrogen-bond donors (Lipinski definition) is 0. The standard InChI is InChI=1S/C6H10ClF/c7-5-3-1-2-4-6(5)8/h5-6H,1-4H2/t5-,6+/m1/s1. The highest BCUT2D eigenvalue weighted by molar-refractivity contribution is 6.21. The molecule has 2 atom stereocenters. The van der Waals surface area contributed by atoms with Gasteiger partial charge in [0.25, 0.3) is 0 Å². The van der Waals surface area contributed by atoms with Crippen LogP contribution in [0.5, 0.6) is 0 Å². The Morgan fingerprint density at radius 2 is 1.88 bits per heavy atom. The van der Waals surface area contributed by atoms with Gasteiger partial charge in [-0.1, -0.05) is 12.8 Å². The fourth-order valence-electron chi connectivity index (χ4n) is 1.04. The molecule has 0 heterocycles. The summed E-state index contributed by atoms with van der Waals surface area (Å²) in [7, 11) is 0. The molecule has 0 unspecified atom stereocenters. The maximum atomic E-state index is 12.4. The Kier molecular flexibility index (Phi) is 2.12. The van der Waals surface area contributed by atoms with Crippen molar-refractivity contribution >= 4 is 11.6 Å². The molecule has 0 aromatic carbocycles. The summed E-state index contributed by atoms with van der Waals surface area (Å²) in [4.78, 5) is 0. The minimum atomic E-state index is -0.731. The van der Waals surface area contributed by atoms with Crippen LogP contribution in [0.4, 0.5) is 4.39 Å². The highest BCUT2D eigenvalue weighted by atomic mass is 35.5. The van der Waals surface area contributed by atoms with Crippen LogP contribution in [-0.2, 0) is 0 Å². The van der Waals surface area contributed by atoms with Gasteiger partial charge in [-0.25, -0.2) is 4.39 Å². The average molecular weight is 137 g/mol. The molecule has 0 spiro atoms. The first-order chi connectivity index (χ1) is 3.80. The van der Waals surface area contributed by atoms with Crippen molar-refractivity contribution in [2.24, 2.45) is 0 Å². The molecule has 1 aliphatic carbocycles. The molecule has 0 N–H and O–H groups in total. The van der Waals surface area contributed by atoms with E-state index in [2.05, 4.69) is 0 Å². The summed E-state index contributed by atoms with van der Waals surface area (Å²) in [5.74, 6) is 0. The van der Waals surface area contributed by atoms with Crippen LogP contribution in [0.3, 0.4) is 0 Å². The summed E-state index contributed by atoms with van der Waals surface area (Å²) in [6.07, 6.45) is 2.93. The quantitative estimate of drug-likeness (QED) is 0.449. The van der Waals surface area contributed by atoms with E-state index in [0.717, 1.165) is 19.3 Å². The highest BCUT2D eigenvalue weighted by Gasteiger charge is 2.21. The van der Waals surface area contributed by atoms with Crippen molar-refractivity contribution in [3.05, 3.63) is 0 Å². The zero-order chi connectivity index (χ0) is 5.98. The summed E-state index contributed by atoms with van der Waals surface area (Å²) < 4.78 is 12.4. The van der Waals surface area contributed by atoms with Gasteiger partial charge in [0.2, 0.25) is 0 Å². The number of hydrogen-bond acceptors (Lipinski definition) is 0. The summed E-state index contributed by atoms with van der Waals surface area (Å²) in [6.45, 7) is 0. The third kappa shape index (κ3) is 1.35. The first-order valence-electron chi connectivity index (χ1n) is 3.09. The van der Waals surface area contributed by atoms with Gasteiger partial charge in [-0.3, -0.25) is 0 Å². The minimum absolute atomic E-state index is 0.191. The van der Waals surface area contributed by atoms with Crippen LogP contribution in [0.25, 0.3) is 0 Å². The second-order valence-electron chi connectivity index (χ2n) is 2.32. The Bertz CT molecular complexity index is 64.9. The lowest BCUT2D eigenvalue weighted by Crippen LogP contribution is -2.20. The zero-order valence-corrected chi connectivity index (χ0v) is 5.49. The van der Waals surface area contributed by atoms with Crippen LogP contribution >= 0.6 is 11.6 Å². The predicted octanol–water partition coefficient (Wildman–Crippen LogP) is 2.51. The number of halogens is 2. The molecule has 0 nitrogen and oxygen atoms in total. The lowest BCUT2D eigenvalue weighted by atomic mass is 9.99. The number of alkyl halides is 2. The van der Waals surface area contributed by atoms with Crippen LogP contribution < -0.4 is 0 Å². The van der Waals surface area contributed by atoms with E-state index in [1.165, 1.54) is 0 Å². The van der Waals surface area contributed by atoms with Crippen LogP contribution in [-0.4, -0.2) is 11.5 Å². The smallest absolute Gasteiger partial charge is 0.116 e. The maximum absolute atomic E-state index is 12.4. The third-order valence-electron chi connectivity index (χ3n) is 1.60. The highest BCUT2D eigenvalue weighted by Crippen LogP contribution is 2.24. The van der Waals surface area contributed by atoms with Crippen molar-refractivity contribution in [2.75, 3.05) is 0 Å². The van der Waals surface area contributed by atoms with Gasteiger partial charge in [-0.2, -0.15) is 0 Å². The van der Waals surface area contributed by atoms with Crippen LogP contribution in [0.1, 0.15) is 25.7 Å². The summed E-state index contributed by atoms with van der Waals surface area (Å²) in [5, 5.41) is -0.191. The largest absolute Gasteiger partial charge is 0.246 e. The molecule has 0 amide bonds. The molecule has 0 aromatic heterocycles. The van der Waals surface area contributed by atoms with E-state index in [0.29, 0.717) is 6.42 Å². The fraction of sp³-hybridized carbons (Fsp3) is 1.00. The molecule has 0 saturated heterocycles. The molecule has 0 bridgehead atoms. The van der Waals surface area contributed by atoms with Gasteiger partial charge in [0.1, 0.15) is 6.17 Å². The molecule has 1 rings (SSSR count). The lowest BCUT2D eigenvalue weighted by molar-refractivity contribution is 0.256. The van der Waals surface area contributed by atoms with Crippen LogP contribution in [0.15, 0.2) is 0 Å². The summed E-state index contributed by atoms with van der Waals surface area (Å²) >= 11 is 5.59. The fourth-order valence-corrected chi connectivity index (χ4v) is 1.32. The Labute approximate surface area is 54.0 Å². The summed E-state index contributed by atoms with van der Waals surface area (Å²) in [6, 6.07) is 0. The van der Waals surface area contributed by atoms with Crippen LogP contribution in [0, 0.1) is 0 Å². The van der Waals surface area contributed by atoms with Crippen molar-refractivity contribution in [2.45, 2.75) is 37.2 Å². The normalized spacial score (nSPS) is 39.8. The SMILES string of the molecule is F[C@H]1CCCC[C@H]1Cl.